The van der Waals surface area contributed by atoms with Gasteiger partial charge in [0.25, 0.3) is 0 Å². The molecule has 0 aliphatic carbocycles. The third-order valence-corrected chi connectivity index (χ3v) is 6.62. The largest absolute Gasteiger partial charge is 0.497 e. The molecule has 1 N–H and O–H groups in total. The highest BCUT2D eigenvalue weighted by molar-refractivity contribution is 6.30. The molecule has 3 aromatic rings. The minimum atomic E-state index is -1.37. The summed E-state index contributed by atoms with van der Waals surface area (Å²) in [5.41, 5.74) is 1.10. The third kappa shape index (κ3) is 5.02. The van der Waals surface area contributed by atoms with Crippen LogP contribution in [0.1, 0.15) is 22.6 Å². The van der Waals surface area contributed by atoms with Crippen molar-refractivity contribution in [2.45, 2.75) is 11.5 Å². The zero-order valence-corrected chi connectivity index (χ0v) is 19.8. The quantitative estimate of drug-likeness (QED) is 0.520. The Morgan fingerprint density at radius 3 is 2.24 bits per heavy atom. The van der Waals surface area contributed by atoms with Gasteiger partial charge in [-0.1, -0.05) is 54.1 Å². The number of ether oxygens (including phenoxy) is 3. The number of morpholine rings is 1. The summed E-state index contributed by atoms with van der Waals surface area (Å²) >= 11 is 6.21. The first-order valence-electron chi connectivity index (χ1n) is 11.1. The molecule has 3 aromatic carbocycles. The Balaban J connectivity index is 1.90. The maximum absolute atomic E-state index is 12.7. The Morgan fingerprint density at radius 1 is 0.939 bits per heavy atom. The predicted octanol–water partition coefficient (Wildman–Crippen LogP) is 4.71. The molecule has 1 fully saturated rings. The topological polar surface area (TPSA) is 51.2 Å². The van der Waals surface area contributed by atoms with Crippen LogP contribution in [-0.4, -0.2) is 57.1 Å². The SMILES string of the molecule is COc1ccc([C@@](O)(c2ccccc2OC)[C@H](CN2CCOCC2)c2ccc(Cl)cc2)cc1. The highest BCUT2D eigenvalue weighted by atomic mass is 35.5. The number of hydrogen-bond donors (Lipinski definition) is 1. The third-order valence-electron chi connectivity index (χ3n) is 6.37. The van der Waals surface area contributed by atoms with Gasteiger partial charge in [0, 0.05) is 36.1 Å². The summed E-state index contributed by atoms with van der Waals surface area (Å²) < 4.78 is 16.6. The zero-order valence-electron chi connectivity index (χ0n) is 19.0. The number of aliphatic hydroxyl groups is 1. The molecule has 1 saturated heterocycles. The van der Waals surface area contributed by atoms with Crippen molar-refractivity contribution in [3.63, 3.8) is 0 Å². The molecule has 0 radical (unpaired) electrons. The van der Waals surface area contributed by atoms with E-state index in [9.17, 15) is 5.11 Å². The fourth-order valence-corrected chi connectivity index (χ4v) is 4.69. The van der Waals surface area contributed by atoms with Gasteiger partial charge in [-0.05, 0) is 41.5 Å². The summed E-state index contributed by atoms with van der Waals surface area (Å²) in [5.74, 6) is 1.08. The number of benzene rings is 3. The fourth-order valence-electron chi connectivity index (χ4n) is 4.56. The maximum Gasteiger partial charge on any atom is 0.126 e. The van der Waals surface area contributed by atoms with Crippen LogP contribution in [0.15, 0.2) is 72.8 Å². The van der Waals surface area contributed by atoms with E-state index < -0.39 is 5.60 Å². The number of nitrogens with zero attached hydrogens (tertiary/aromatic N) is 1. The predicted molar refractivity (Wildman–Crippen MR) is 130 cm³/mol. The second kappa shape index (κ2) is 10.6. The van der Waals surface area contributed by atoms with Crippen LogP contribution in [0.5, 0.6) is 11.5 Å². The maximum atomic E-state index is 12.7. The molecule has 0 spiro atoms. The number of halogens is 1. The average molecular weight is 468 g/mol. The van der Waals surface area contributed by atoms with Gasteiger partial charge in [-0.3, -0.25) is 4.90 Å². The normalized spacial score (nSPS) is 17.2. The van der Waals surface area contributed by atoms with Crippen molar-refractivity contribution >= 4 is 11.6 Å². The van der Waals surface area contributed by atoms with E-state index in [0.717, 1.165) is 30.0 Å². The fraction of sp³-hybridized carbons (Fsp3) is 0.333. The average Bonchev–Trinajstić information content (AvgIpc) is 2.88. The molecule has 0 unspecified atom stereocenters. The molecule has 4 rings (SSSR count). The van der Waals surface area contributed by atoms with Crippen LogP contribution in [0.25, 0.3) is 0 Å². The van der Waals surface area contributed by atoms with Crippen molar-refractivity contribution in [3.05, 3.63) is 94.5 Å². The smallest absolute Gasteiger partial charge is 0.126 e. The van der Waals surface area contributed by atoms with Crippen molar-refractivity contribution < 1.29 is 19.3 Å². The zero-order chi connectivity index (χ0) is 23.3. The molecule has 0 aromatic heterocycles. The number of para-hydroxylation sites is 1. The van der Waals surface area contributed by atoms with E-state index in [-0.39, 0.29) is 5.92 Å². The van der Waals surface area contributed by atoms with Gasteiger partial charge in [-0.15, -0.1) is 0 Å². The van der Waals surface area contributed by atoms with Gasteiger partial charge in [0.05, 0.1) is 27.4 Å². The molecule has 1 aliphatic heterocycles. The molecular weight excluding hydrogens is 438 g/mol. The highest BCUT2D eigenvalue weighted by Gasteiger charge is 2.44. The minimum Gasteiger partial charge on any atom is -0.497 e. The number of methoxy groups -OCH3 is 2. The van der Waals surface area contributed by atoms with E-state index >= 15 is 0 Å². The second-order valence-corrected chi connectivity index (χ2v) is 8.65. The summed E-state index contributed by atoms with van der Waals surface area (Å²) in [6.45, 7) is 3.64. The van der Waals surface area contributed by atoms with E-state index in [1.165, 1.54) is 0 Å². The van der Waals surface area contributed by atoms with Crippen molar-refractivity contribution in [3.8, 4) is 11.5 Å². The lowest BCUT2D eigenvalue weighted by molar-refractivity contribution is -0.000149. The van der Waals surface area contributed by atoms with Gasteiger partial charge in [0.2, 0.25) is 0 Å². The molecule has 0 amide bonds. The van der Waals surface area contributed by atoms with Gasteiger partial charge in [0.1, 0.15) is 17.1 Å². The molecule has 174 valence electrons. The highest BCUT2D eigenvalue weighted by Crippen LogP contribution is 2.46. The van der Waals surface area contributed by atoms with E-state index in [2.05, 4.69) is 4.90 Å². The lowest BCUT2D eigenvalue weighted by Gasteiger charge is -2.41. The van der Waals surface area contributed by atoms with Crippen molar-refractivity contribution in [1.82, 2.24) is 4.90 Å². The molecule has 0 bridgehead atoms. The Morgan fingerprint density at radius 2 is 1.61 bits per heavy atom. The Bertz CT molecular complexity index is 1030. The molecule has 1 heterocycles. The van der Waals surface area contributed by atoms with E-state index in [1.807, 2.05) is 72.8 Å². The van der Waals surface area contributed by atoms with E-state index in [4.69, 9.17) is 25.8 Å². The molecule has 33 heavy (non-hydrogen) atoms. The summed E-state index contributed by atoms with van der Waals surface area (Å²) in [4.78, 5) is 2.34. The monoisotopic (exact) mass is 467 g/mol. The van der Waals surface area contributed by atoms with Crippen LogP contribution in [0.4, 0.5) is 0 Å². The van der Waals surface area contributed by atoms with Crippen LogP contribution in [0, 0.1) is 0 Å². The first-order chi connectivity index (χ1) is 16.1. The summed E-state index contributed by atoms with van der Waals surface area (Å²) in [6, 6.07) is 23.0. The first kappa shape index (κ1) is 23.6. The molecule has 2 atom stereocenters. The lowest BCUT2D eigenvalue weighted by atomic mass is 9.72. The van der Waals surface area contributed by atoms with Crippen molar-refractivity contribution in [1.29, 1.82) is 0 Å². The Kier molecular flexibility index (Phi) is 7.56. The standard InChI is InChI=1S/C27H30ClNO4/c1-31-23-13-9-21(10-14-23)27(30,24-5-3-4-6-26(24)32-2)25(19-29-15-17-33-18-16-29)20-7-11-22(28)12-8-20/h3-14,25,30H,15-19H2,1-2H3/t25-,27-/m1/s1. The summed E-state index contributed by atoms with van der Waals surface area (Å²) in [5, 5.41) is 13.4. The Labute approximate surface area is 200 Å². The van der Waals surface area contributed by atoms with Gasteiger partial charge >= 0.3 is 0 Å². The van der Waals surface area contributed by atoms with Gasteiger partial charge in [-0.2, -0.15) is 0 Å². The van der Waals surface area contributed by atoms with Gasteiger partial charge in [-0.25, -0.2) is 0 Å². The van der Waals surface area contributed by atoms with Crippen LogP contribution < -0.4 is 9.47 Å². The molecule has 6 heteroatoms. The van der Waals surface area contributed by atoms with Crippen molar-refractivity contribution in [2.24, 2.45) is 0 Å². The van der Waals surface area contributed by atoms with Gasteiger partial charge in [0.15, 0.2) is 0 Å². The van der Waals surface area contributed by atoms with E-state index in [1.54, 1.807) is 14.2 Å². The summed E-state index contributed by atoms with van der Waals surface area (Å²) in [7, 11) is 3.27. The summed E-state index contributed by atoms with van der Waals surface area (Å²) in [6.07, 6.45) is 0. The molecule has 5 nitrogen and oxygen atoms in total. The van der Waals surface area contributed by atoms with Crippen LogP contribution in [-0.2, 0) is 10.3 Å². The molecule has 1 aliphatic rings. The van der Waals surface area contributed by atoms with Crippen LogP contribution >= 0.6 is 11.6 Å². The molecular formula is C27H30ClNO4. The molecule has 0 saturated carbocycles. The van der Waals surface area contributed by atoms with E-state index in [0.29, 0.717) is 36.1 Å². The van der Waals surface area contributed by atoms with Crippen LogP contribution in [0.2, 0.25) is 5.02 Å². The number of rotatable bonds is 8. The number of hydrogen-bond acceptors (Lipinski definition) is 5. The minimum absolute atomic E-state index is 0.294. The Hall–Kier alpha value is -2.57. The van der Waals surface area contributed by atoms with Crippen LogP contribution in [0.3, 0.4) is 0 Å². The lowest BCUT2D eigenvalue weighted by Crippen LogP contribution is -2.45. The van der Waals surface area contributed by atoms with Crippen molar-refractivity contribution in [2.75, 3.05) is 47.1 Å². The van der Waals surface area contributed by atoms with Gasteiger partial charge < -0.3 is 19.3 Å². The second-order valence-electron chi connectivity index (χ2n) is 8.21. The first-order valence-corrected chi connectivity index (χ1v) is 11.5.